The molecule has 2 aliphatic rings. The number of ether oxygens (including phenoxy) is 1. The minimum absolute atomic E-state index is 0.00210. The summed E-state index contributed by atoms with van der Waals surface area (Å²) < 4.78 is 5.98. The number of carbonyl (C=O) groups is 1. The van der Waals surface area contributed by atoms with E-state index in [1.54, 1.807) is 0 Å². The molecule has 32 heavy (non-hydrogen) atoms. The van der Waals surface area contributed by atoms with Crippen molar-refractivity contribution in [1.29, 1.82) is 0 Å². The Morgan fingerprint density at radius 3 is 2.66 bits per heavy atom. The summed E-state index contributed by atoms with van der Waals surface area (Å²) in [5, 5.41) is 3.47. The third kappa shape index (κ3) is 5.37. The molecule has 1 aliphatic heterocycles. The van der Waals surface area contributed by atoms with Crippen molar-refractivity contribution in [2.24, 2.45) is 10.9 Å². The lowest BCUT2D eigenvalue weighted by atomic mass is 9.98. The standard InChI is InChI=1S/C25H37N5O2/c1-8-17(4)14-32-23-19-9-12-30(13-20(19)27-15-28-23)24(31)21(16(2)3)18(5)22(26-7)29-25(6)10-11-25/h15,17,29H,7-14H2,1-6H3/b22-18-. The van der Waals surface area contributed by atoms with E-state index in [-0.39, 0.29) is 11.4 Å². The van der Waals surface area contributed by atoms with Crippen LogP contribution >= 0.6 is 0 Å². The third-order valence-electron chi connectivity index (χ3n) is 6.48. The molecule has 7 heteroatoms. The molecule has 2 heterocycles. The smallest absolute Gasteiger partial charge is 0.254 e. The Bertz CT molecular complexity index is 942. The molecule has 1 fully saturated rings. The molecule has 0 bridgehead atoms. The lowest BCUT2D eigenvalue weighted by Crippen LogP contribution is -2.38. The van der Waals surface area contributed by atoms with Gasteiger partial charge < -0.3 is 15.0 Å². The lowest BCUT2D eigenvalue weighted by Gasteiger charge is -2.30. The number of aliphatic imine (C=N–C) groups is 1. The fraction of sp³-hybridized carbons (Fsp3) is 0.600. The predicted molar refractivity (Wildman–Crippen MR) is 128 cm³/mol. The Morgan fingerprint density at radius 1 is 1.34 bits per heavy atom. The first-order valence-corrected chi connectivity index (χ1v) is 11.6. The second kappa shape index (κ2) is 9.84. The summed E-state index contributed by atoms with van der Waals surface area (Å²) in [6.45, 7) is 17.8. The van der Waals surface area contributed by atoms with Gasteiger partial charge in [-0.3, -0.25) is 4.79 Å². The van der Waals surface area contributed by atoms with Gasteiger partial charge in [-0.2, -0.15) is 0 Å². The molecule has 1 N–H and O–H groups in total. The van der Waals surface area contributed by atoms with Crippen LogP contribution in [0.1, 0.15) is 72.1 Å². The van der Waals surface area contributed by atoms with E-state index in [0.717, 1.165) is 41.7 Å². The highest BCUT2D eigenvalue weighted by atomic mass is 16.5. The first-order chi connectivity index (χ1) is 15.2. The van der Waals surface area contributed by atoms with Crippen molar-refractivity contribution in [3.8, 4) is 5.88 Å². The predicted octanol–water partition coefficient (Wildman–Crippen LogP) is 4.20. The van der Waals surface area contributed by atoms with Gasteiger partial charge in [0.25, 0.3) is 5.91 Å². The van der Waals surface area contributed by atoms with Gasteiger partial charge in [0.05, 0.1) is 18.8 Å². The quantitative estimate of drug-likeness (QED) is 0.354. The van der Waals surface area contributed by atoms with Gasteiger partial charge in [-0.1, -0.05) is 25.8 Å². The number of carbonyl (C=O) groups excluding carboxylic acids is 1. The van der Waals surface area contributed by atoms with E-state index in [2.05, 4.69) is 47.8 Å². The van der Waals surface area contributed by atoms with Crippen molar-refractivity contribution in [3.63, 3.8) is 0 Å². The molecule has 0 saturated heterocycles. The highest BCUT2D eigenvalue weighted by Crippen LogP contribution is 2.36. The van der Waals surface area contributed by atoms with Gasteiger partial charge in [-0.05, 0) is 59.6 Å². The Hall–Kier alpha value is -2.70. The molecule has 0 radical (unpaired) electrons. The summed E-state index contributed by atoms with van der Waals surface area (Å²) in [7, 11) is 0. The molecule has 174 valence electrons. The van der Waals surface area contributed by atoms with Crippen LogP contribution in [0.4, 0.5) is 0 Å². The SMILES string of the molecule is C=N/C(NC1(C)CC1)=C(\C)C(C(=O)N1CCc2c(ncnc2OCC(C)CC)C1)=C(C)C. The highest BCUT2D eigenvalue weighted by Gasteiger charge is 2.38. The summed E-state index contributed by atoms with van der Waals surface area (Å²) in [4.78, 5) is 28.5. The molecular formula is C25H37N5O2. The van der Waals surface area contributed by atoms with Crippen molar-refractivity contribution in [3.05, 3.63) is 40.1 Å². The molecule has 1 amide bonds. The van der Waals surface area contributed by atoms with Gasteiger partial charge in [0.15, 0.2) is 0 Å². The fourth-order valence-electron chi connectivity index (χ4n) is 3.84. The number of hydrogen-bond acceptors (Lipinski definition) is 6. The van der Waals surface area contributed by atoms with Crippen LogP contribution in [0.15, 0.2) is 33.9 Å². The van der Waals surface area contributed by atoms with Crippen LogP contribution in [0.5, 0.6) is 5.88 Å². The Balaban J connectivity index is 1.81. The Labute approximate surface area is 192 Å². The van der Waals surface area contributed by atoms with Gasteiger partial charge in [0.1, 0.15) is 12.1 Å². The van der Waals surface area contributed by atoms with Crippen molar-refractivity contribution < 1.29 is 9.53 Å². The van der Waals surface area contributed by atoms with Crippen LogP contribution in [0, 0.1) is 5.92 Å². The molecule has 1 aromatic rings. The van der Waals surface area contributed by atoms with E-state index in [4.69, 9.17) is 4.74 Å². The maximum Gasteiger partial charge on any atom is 0.254 e. The molecule has 1 atom stereocenters. The van der Waals surface area contributed by atoms with Gasteiger partial charge >= 0.3 is 0 Å². The summed E-state index contributed by atoms with van der Waals surface area (Å²) in [5.74, 6) is 1.81. The molecule has 1 saturated carbocycles. The number of hydrogen-bond donors (Lipinski definition) is 1. The number of aromatic nitrogens is 2. The van der Waals surface area contributed by atoms with Crippen molar-refractivity contribution in [2.45, 2.75) is 79.3 Å². The normalized spacial score (nSPS) is 18.1. The topological polar surface area (TPSA) is 79.7 Å². The number of amides is 1. The van der Waals surface area contributed by atoms with Crippen LogP contribution in [0.25, 0.3) is 0 Å². The first-order valence-electron chi connectivity index (χ1n) is 11.6. The second-order valence-corrected chi connectivity index (χ2v) is 9.60. The van der Waals surface area contributed by atoms with E-state index in [9.17, 15) is 4.79 Å². The average Bonchev–Trinajstić information content (AvgIpc) is 3.51. The van der Waals surface area contributed by atoms with Crippen LogP contribution in [-0.2, 0) is 17.8 Å². The number of fused-ring (bicyclic) bond motifs is 1. The highest BCUT2D eigenvalue weighted by molar-refractivity contribution is 5.98. The number of nitrogens with one attached hydrogen (secondary N) is 1. The monoisotopic (exact) mass is 439 g/mol. The lowest BCUT2D eigenvalue weighted by molar-refractivity contribution is -0.127. The summed E-state index contributed by atoms with van der Waals surface area (Å²) in [6, 6.07) is 0. The van der Waals surface area contributed by atoms with Crippen LogP contribution < -0.4 is 10.1 Å². The average molecular weight is 440 g/mol. The first kappa shape index (κ1) is 24.0. The van der Waals surface area contributed by atoms with Crippen molar-refractivity contribution in [1.82, 2.24) is 20.2 Å². The number of rotatable bonds is 9. The minimum atomic E-state index is -0.00210. The van der Waals surface area contributed by atoms with E-state index in [1.807, 2.05) is 25.7 Å². The largest absolute Gasteiger partial charge is 0.477 e. The maximum absolute atomic E-state index is 13.6. The van der Waals surface area contributed by atoms with Crippen molar-refractivity contribution >= 4 is 12.6 Å². The molecule has 3 rings (SSSR count). The van der Waals surface area contributed by atoms with E-state index >= 15 is 0 Å². The molecule has 0 spiro atoms. The third-order valence-corrected chi connectivity index (χ3v) is 6.48. The minimum Gasteiger partial charge on any atom is -0.477 e. The van der Waals surface area contributed by atoms with Crippen LogP contribution in [-0.4, -0.2) is 46.2 Å². The molecule has 1 aromatic heterocycles. The molecule has 1 unspecified atom stereocenters. The fourth-order valence-corrected chi connectivity index (χ4v) is 3.84. The zero-order valence-electron chi connectivity index (χ0n) is 20.4. The summed E-state index contributed by atoms with van der Waals surface area (Å²) in [6.07, 6.45) is 5.47. The van der Waals surface area contributed by atoms with Gasteiger partial charge in [0, 0.05) is 28.8 Å². The maximum atomic E-state index is 13.6. The zero-order chi connectivity index (χ0) is 23.5. The van der Waals surface area contributed by atoms with Gasteiger partial charge in [0.2, 0.25) is 5.88 Å². The summed E-state index contributed by atoms with van der Waals surface area (Å²) >= 11 is 0. The Morgan fingerprint density at radius 2 is 2.06 bits per heavy atom. The van der Waals surface area contributed by atoms with Gasteiger partial charge in [-0.25, -0.2) is 15.0 Å². The van der Waals surface area contributed by atoms with Crippen LogP contribution in [0.3, 0.4) is 0 Å². The number of allylic oxidation sites excluding steroid dienone is 1. The van der Waals surface area contributed by atoms with Crippen molar-refractivity contribution in [2.75, 3.05) is 13.2 Å². The van der Waals surface area contributed by atoms with E-state index < -0.39 is 0 Å². The zero-order valence-corrected chi connectivity index (χ0v) is 20.4. The van der Waals surface area contributed by atoms with E-state index in [1.165, 1.54) is 6.33 Å². The van der Waals surface area contributed by atoms with Crippen LogP contribution in [0.2, 0.25) is 0 Å². The van der Waals surface area contributed by atoms with E-state index in [0.29, 0.717) is 49.3 Å². The second-order valence-electron chi connectivity index (χ2n) is 9.60. The summed E-state index contributed by atoms with van der Waals surface area (Å²) in [5.41, 5.74) is 4.42. The molecule has 0 aromatic carbocycles. The number of nitrogens with zero attached hydrogens (tertiary/aromatic N) is 4. The molecular weight excluding hydrogens is 402 g/mol. The molecule has 1 aliphatic carbocycles. The van der Waals surface area contributed by atoms with Gasteiger partial charge in [-0.15, -0.1) is 0 Å². The molecule has 7 nitrogen and oxygen atoms in total. The Kier molecular flexibility index (Phi) is 7.36.